The second-order valence-electron chi connectivity index (χ2n) is 4.23. The van der Waals surface area contributed by atoms with Gasteiger partial charge in [-0.2, -0.15) is 10.2 Å². The third-order valence-corrected chi connectivity index (χ3v) is 3.29. The number of nitrogens with one attached hydrogen (secondary N) is 1. The molecule has 0 amide bonds. The van der Waals surface area contributed by atoms with Crippen molar-refractivity contribution in [2.75, 3.05) is 0 Å². The van der Waals surface area contributed by atoms with Gasteiger partial charge in [-0.1, -0.05) is 15.9 Å². The van der Waals surface area contributed by atoms with E-state index in [0.29, 0.717) is 0 Å². The zero-order valence-corrected chi connectivity index (χ0v) is 11.6. The number of aryl methyl sites for hydroxylation is 2. The van der Waals surface area contributed by atoms with Crippen LogP contribution in [0, 0.1) is 13.8 Å². The molecule has 0 fully saturated rings. The van der Waals surface area contributed by atoms with Gasteiger partial charge in [0.25, 0.3) is 0 Å². The van der Waals surface area contributed by atoms with Crippen LogP contribution in [0.3, 0.4) is 0 Å². The lowest BCUT2D eigenvalue weighted by Gasteiger charge is -2.01. The molecular formula is C13H11BrN4. The fourth-order valence-electron chi connectivity index (χ4n) is 1.90. The van der Waals surface area contributed by atoms with Crippen LogP contribution in [-0.4, -0.2) is 20.2 Å². The average molecular weight is 303 g/mol. The van der Waals surface area contributed by atoms with Crippen LogP contribution in [0.1, 0.15) is 11.4 Å². The standard InChI is InChI=1S/C13H11BrN4/c1-7-5-10(8(2)18-17-7)13-15-11-4-3-9(14)6-12(11)16-13/h3-6H,1-2H3,(H,15,16). The first kappa shape index (κ1) is 11.3. The molecule has 2 heterocycles. The summed E-state index contributed by atoms with van der Waals surface area (Å²) in [5, 5.41) is 8.16. The maximum Gasteiger partial charge on any atom is 0.140 e. The summed E-state index contributed by atoms with van der Waals surface area (Å²) in [6, 6.07) is 7.98. The maximum absolute atomic E-state index is 4.58. The molecule has 0 saturated heterocycles. The monoisotopic (exact) mass is 302 g/mol. The Hall–Kier alpha value is -1.75. The van der Waals surface area contributed by atoms with Gasteiger partial charge in [0.05, 0.1) is 22.4 Å². The number of aromatic amines is 1. The second-order valence-corrected chi connectivity index (χ2v) is 5.15. The molecule has 5 heteroatoms. The normalized spacial score (nSPS) is 11.1. The Kier molecular flexibility index (Phi) is 2.63. The van der Waals surface area contributed by atoms with Crippen molar-refractivity contribution in [2.45, 2.75) is 13.8 Å². The summed E-state index contributed by atoms with van der Waals surface area (Å²) in [5.41, 5.74) is 4.71. The molecule has 3 aromatic rings. The quantitative estimate of drug-likeness (QED) is 0.749. The lowest BCUT2D eigenvalue weighted by molar-refractivity contribution is 0.940. The maximum atomic E-state index is 4.58. The second kappa shape index (κ2) is 4.17. The van der Waals surface area contributed by atoms with Gasteiger partial charge in [-0.3, -0.25) is 0 Å². The molecule has 0 radical (unpaired) electrons. The van der Waals surface area contributed by atoms with E-state index in [2.05, 4.69) is 36.1 Å². The van der Waals surface area contributed by atoms with Gasteiger partial charge in [0.1, 0.15) is 5.82 Å². The largest absolute Gasteiger partial charge is 0.338 e. The fraction of sp³-hybridized carbons (Fsp3) is 0.154. The van der Waals surface area contributed by atoms with Crippen molar-refractivity contribution in [1.82, 2.24) is 20.2 Å². The molecule has 90 valence electrons. The van der Waals surface area contributed by atoms with E-state index in [0.717, 1.165) is 38.3 Å². The Labute approximate surface area is 113 Å². The molecule has 1 N–H and O–H groups in total. The van der Waals surface area contributed by atoms with Crippen molar-refractivity contribution in [3.8, 4) is 11.4 Å². The van der Waals surface area contributed by atoms with Crippen LogP contribution in [0.15, 0.2) is 28.7 Å². The summed E-state index contributed by atoms with van der Waals surface area (Å²) in [6.45, 7) is 3.86. The number of halogens is 1. The molecule has 3 rings (SSSR count). The Balaban J connectivity index is 2.22. The van der Waals surface area contributed by atoms with Crippen LogP contribution in [0.4, 0.5) is 0 Å². The summed E-state index contributed by atoms with van der Waals surface area (Å²) in [4.78, 5) is 7.89. The van der Waals surface area contributed by atoms with Gasteiger partial charge in [-0.25, -0.2) is 4.98 Å². The van der Waals surface area contributed by atoms with E-state index in [-0.39, 0.29) is 0 Å². The predicted octanol–water partition coefficient (Wildman–Crippen LogP) is 3.40. The highest BCUT2D eigenvalue weighted by atomic mass is 79.9. The summed E-state index contributed by atoms with van der Waals surface area (Å²) in [7, 11) is 0. The van der Waals surface area contributed by atoms with Crippen LogP contribution < -0.4 is 0 Å². The number of fused-ring (bicyclic) bond motifs is 1. The van der Waals surface area contributed by atoms with Crippen LogP contribution >= 0.6 is 15.9 Å². The lowest BCUT2D eigenvalue weighted by atomic mass is 10.2. The molecule has 0 unspecified atom stereocenters. The molecule has 0 aliphatic heterocycles. The van der Waals surface area contributed by atoms with Gasteiger partial charge in [0.2, 0.25) is 0 Å². The lowest BCUT2D eigenvalue weighted by Crippen LogP contribution is -1.94. The van der Waals surface area contributed by atoms with Gasteiger partial charge < -0.3 is 4.98 Å². The molecule has 0 aliphatic rings. The van der Waals surface area contributed by atoms with E-state index in [1.54, 1.807) is 0 Å². The minimum absolute atomic E-state index is 0.832. The van der Waals surface area contributed by atoms with E-state index in [4.69, 9.17) is 0 Å². The molecule has 0 bridgehead atoms. The summed E-state index contributed by atoms with van der Waals surface area (Å²) < 4.78 is 1.03. The average Bonchev–Trinajstić information content (AvgIpc) is 2.74. The number of hydrogen-bond acceptors (Lipinski definition) is 3. The van der Waals surface area contributed by atoms with E-state index < -0.39 is 0 Å². The highest BCUT2D eigenvalue weighted by molar-refractivity contribution is 9.10. The Bertz CT molecular complexity index is 733. The van der Waals surface area contributed by atoms with Gasteiger partial charge in [-0.15, -0.1) is 0 Å². The number of H-pyrrole nitrogens is 1. The Morgan fingerprint density at radius 2 is 1.94 bits per heavy atom. The molecule has 2 aromatic heterocycles. The van der Waals surface area contributed by atoms with Crippen LogP contribution in [0.25, 0.3) is 22.4 Å². The van der Waals surface area contributed by atoms with Gasteiger partial charge in [-0.05, 0) is 38.1 Å². The minimum Gasteiger partial charge on any atom is -0.338 e. The molecule has 0 saturated carbocycles. The number of aromatic nitrogens is 4. The predicted molar refractivity (Wildman–Crippen MR) is 74.3 cm³/mol. The topological polar surface area (TPSA) is 54.5 Å². The third-order valence-electron chi connectivity index (χ3n) is 2.80. The van der Waals surface area contributed by atoms with Crippen LogP contribution in [-0.2, 0) is 0 Å². The smallest absolute Gasteiger partial charge is 0.140 e. The van der Waals surface area contributed by atoms with Gasteiger partial charge in [0.15, 0.2) is 0 Å². The van der Waals surface area contributed by atoms with E-state index >= 15 is 0 Å². The van der Waals surface area contributed by atoms with Crippen molar-refractivity contribution in [3.63, 3.8) is 0 Å². The fourth-order valence-corrected chi connectivity index (χ4v) is 2.26. The number of benzene rings is 1. The number of hydrogen-bond donors (Lipinski definition) is 1. The zero-order chi connectivity index (χ0) is 12.7. The Morgan fingerprint density at radius 3 is 2.78 bits per heavy atom. The van der Waals surface area contributed by atoms with E-state index in [1.165, 1.54) is 0 Å². The van der Waals surface area contributed by atoms with Gasteiger partial charge in [0, 0.05) is 10.0 Å². The van der Waals surface area contributed by atoms with E-state index in [1.807, 2.05) is 38.1 Å². The van der Waals surface area contributed by atoms with Crippen LogP contribution in [0.2, 0.25) is 0 Å². The SMILES string of the molecule is Cc1cc(-c2nc3ccc(Br)cc3[nH]2)c(C)nn1. The number of nitrogens with zero attached hydrogens (tertiary/aromatic N) is 3. The van der Waals surface area contributed by atoms with Crippen LogP contribution in [0.5, 0.6) is 0 Å². The summed E-state index contributed by atoms with van der Waals surface area (Å²) in [6.07, 6.45) is 0. The molecule has 1 aromatic carbocycles. The van der Waals surface area contributed by atoms with Crippen molar-refractivity contribution in [2.24, 2.45) is 0 Å². The number of rotatable bonds is 1. The molecule has 18 heavy (non-hydrogen) atoms. The molecule has 0 spiro atoms. The van der Waals surface area contributed by atoms with E-state index in [9.17, 15) is 0 Å². The minimum atomic E-state index is 0.832. The Morgan fingerprint density at radius 1 is 1.11 bits per heavy atom. The third kappa shape index (κ3) is 1.90. The first-order chi connectivity index (χ1) is 8.63. The van der Waals surface area contributed by atoms with Crippen molar-refractivity contribution in [1.29, 1.82) is 0 Å². The molecule has 0 atom stereocenters. The number of imidazole rings is 1. The molecule has 0 aliphatic carbocycles. The molecule has 4 nitrogen and oxygen atoms in total. The molecular weight excluding hydrogens is 292 g/mol. The van der Waals surface area contributed by atoms with Crippen molar-refractivity contribution >= 4 is 27.0 Å². The van der Waals surface area contributed by atoms with Gasteiger partial charge >= 0.3 is 0 Å². The highest BCUT2D eigenvalue weighted by Crippen LogP contribution is 2.24. The zero-order valence-electron chi connectivity index (χ0n) is 10.0. The first-order valence-corrected chi connectivity index (χ1v) is 6.39. The first-order valence-electron chi connectivity index (χ1n) is 5.60. The van der Waals surface area contributed by atoms with Crippen molar-refractivity contribution < 1.29 is 0 Å². The highest BCUT2D eigenvalue weighted by Gasteiger charge is 2.09. The summed E-state index contributed by atoms with van der Waals surface area (Å²) in [5.74, 6) is 0.832. The van der Waals surface area contributed by atoms with Crippen molar-refractivity contribution in [3.05, 3.63) is 40.1 Å². The summed E-state index contributed by atoms with van der Waals surface area (Å²) >= 11 is 3.45.